The van der Waals surface area contributed by atoms with Crippen LogP contribution in [0.3, 0.4) is 0 Å². The molecule has 36 heavy (non-hydrogen) atoms. The van der Waals surface area contributed by atoms with Crippen molar-refractivity contribution in [1.82, 2.24) is 0 Å². The van der Waals surface area contributed by atoms with E-state index in [0.29, 0.717) is 66.1 Å². The molecule has 0 aliphatic carbocycles. The lowest BCUT2D eigenvalue weighted by molar-refractivity contribution is -0.0169. The second-order valence-corrected chi connectivity index (χ2v) is 9.62. The van der Waals surface area contributed by atoms with Crippen LogP contribution in [0.2, 0.25) is 0 Å². The molecule has 0 unspecified atom stereocenters. The Hall–Kier alpha value is -0.240. The maximum absolute atomic E-state index is 5.66. The minimum atomic E-state index is 0.582. The molecule has 218 valence electrons. The third kappa shape index (κ3) is 33.8. The number of rotatable bonds is 33. The molecule has 0 rings (SSSR count). The van der Waals surface area contributed by atoms with Gasteiger partial charge in [0.15, 0.2) is 0 Å². The smallest absolute Gasteiger partial charge is 0.0701 e. The molecule has 0 aliphatic rings. The highest BCUT2D eigenvalue weighted by atomic mass is 16.6. The Labute approximate surface area is 224 Å². The summed E-state index contributed by atoms with van der Waals surface area (Å²) < 4.78 is 33.2. The van der Waals surface area contributed by atoms with Crippen LogP contribution in [0.5, 0.6) is 0 Å². The zero-order valence-corrected chi connectivity index (χ0v) is 24.2. The highest BCUT2D eigenvalue weighted by Gasteiger charge is 1.96. The summed E-state index contributed by atoms with van der Waals surface area (Å²) >= 11 is 0. The van der Waals surface area contributed by atoms with Crippen molar-refractivity contribution in [2.24, 2.45) is 0 Å². The molecule has 0 heterocycles. The minimum Gasteiger partial charge on any atom is -0.379 e. The lowest BCUT2D eigenvalue weighted by Crippen LogP contribution is -2.14. The molecule has 0 aliphatic heterocycles. The lowest BCUT2D eigenvalue weighted by atomic mass is 10.0. The Bertz CT molecular complexity index is 335. The molecule has 0 bridgehead atoms. The van der Waals surface area contributed by atoms with E-state index in [1.165, 1.54) is 96.3 Å². The Morgan fingerprint density at radius 2 is 0.417 bits per heavy atom. The predicted octanol–water partition coefficient (Wildman–Crippen LogP) is 7.37. The fraction of sp³-hybridized carbons (Fsp3) is 1.00. The van der Waals surface area contributed by atoms with Crippen LogP contribution in [0.15, 0.2) is 0 Å². The van der Waals surface area contributed by atoms with Gasteiger partial charge in [-0.15, -0.1) is 0 Å². The maximum Gasteiger partial charge on any atom is 0.0701 e. The van der Waals surface area contributed by atoms with E-state index in [4.69, 9.17) is 28.4 Å². The van der Waals surface area contributed by atoms with Crippen molar-refractivity contribution in [2.45, 2.75) is 117 Å². The molecule has 0 aromatic carbocycles. The standard InChI is InChI=1S/C30H62O6/c1-3-5-7-8-9-10-11-12-13-14-15-16-18-20-32-22-24-34-26-28-36-30-29-35-27-25-33-23-21-31-19-17-6-4-2/h3-30H2,1-2H3. The van der Waals surface area contributed by atoms with Crippen LogP contribution in [0.4, 0.5) is 0 Å². The first-order chi connectivity index (χ1) is 17.9. The van der Waals surface area contributed by atoms with Crippen molar-refractivity contribution >= 4 is 0 Å². The van der Waals surface area contributed by atoms with Gasteiger partial charge in [-0.25, -0.2) is 0 Å². The van der Waals surface area contributed by atoms with Crippen molar-refractivity contribution in [3.63, 3.8) is 0 Å². The van der Waals surface area contributed by atoms with E-state index in [0.717, 1.165) is 19.6 Å². The monoisotopic (exact) mass is 518 g/mol. The van der Waals surface area contributed by atoms with Gasteiger partial charge in [0.1, 0.15) is 0 Å². The summed E-state index contributed by atoms with van der Waals surface area (Å²) in [4.78, 5) is 0. The molecule has 0 aromatic heterocycles. The van der Waals surface area contributed by atoms with Crippen LogP contribution in [-0.2, 0) is 28.4 Å². The quantitative estimate of drug-likeness (QED) is 0.0846. The Balaban J connectivity index is 3.00. The molecule has 0 fully saturated rings. The topological polar surface area (TPSA) is 55.4 Å². The number of ether oxygens (including phenoxy) is 6. The van der Waals surface area contributed by atoms with Gasteiger partial charge in [-0.2, -0.15) is 0 Å². The third-order valence-electron chi connectivity index (χ3n) is 6.14. The Kier molecular flexibility index (Phi) is 34.5. The number of hydrogen-bond donors (Lipinski definition) is 0. The predicted molar refractivity (Wildman–Crippen MR) is 150 cm³/mol. The van der Waals surface area contributed by atoms with Crippen molar-refractivity contribution in [1.29, 1.82) is 0 Å². The highest BCUT2D eigenvalue weighted by Crippen LogP contribution is 2.12. The first-order valence-electron chi connectivity index (χ1n) is 15.4. The second kappa shape index (κ2) is 34.8. The SMILES string of the molecule is CCCCCCCCCCCCCCCOCCOCCOCCOCCOCCOCCCCC. The van der Waals surface area contributed by atoms with Gasteiger partial charge in [-0.05, 0) is 12.8 Å². The van der Waals surface area contributed by atoms with E-state index in [2.05, 4.69) is 13.8 Å². The Morgan fingerprint density at radius 1 is 0.222 bits per heavy atom. The van der Waals surface area contributed by atoms with E-state index in [-0.39, 0.29) is 0 Å². The van der Waals surface area contributed by atoms with Crippen LogP contribution >= 0.6 is 0 Å². The molecule has 6 nitrogen and oxygen atoms in total. The average Bonchev–Trinajstić information content (AvgIpc) is 2.89. The third-order valence-corrected chi connectivity index (χ3v) is 6.14. The van der Waals surface area contributed by atoms with Crippen LogP contribution in [0, 0.1) is 0 Å². The normalized spacial score (nSPS) is 11.5. The molecule has 0 saturated carbocycles. The van der Waals surface area contributed by atoms with Crippen LogP contribution < -0.4 is 0 Å². The maximum atomic E-state index is 5.66. The molecule has 6 heteroatoms. The van der Waals surface area contributed by atoms with Gasteiger partial charge in [-0.1, -0.05) is 104 Å². The van der Waals surface area contributed by atoms with Gasteiger partial charge in [0.05, 0.1) is 66.1 Å². The first-order valence-corrected chi connectivity index (χ1v) is 15.4. The summed E-state index contributed by atoms with van der Waals surface area (Å²) in [5.41, 5.74) is 0. The molecule has 0 N–H and O–H groups in total. The van der Waals surface area contributed by atoms with Gasteiger partial charge in [0, 0.05) is 13.2 Å². The van der Waals surface area contributed by atoms with E-state index in [1.807, 2.05) is 0 Å². The van der Waals surface area contributed by atoms with Crippen LogP contribution in [0.1, 0.15) is 117 Å². The van der Waals surface area contributed by atoms with Crippen molar-refractivity contribution < 1.29 is 28.4 Å². The van der Waals surface area contributed by atoms with Crippen LogP contribution in [-0.4, -0.2) is 79.3 Å². The van der Waals surface area contributed by atoms with E-state index >= 15 is 0 Å². The summed E-state index contributed by atoms with van der Waals surface area (Å²) in [5.74, 6) is 0. The number of hydrogen-bond acceptors (Lipinski definition) is 6. The lowest BCUT2D eigenvalue weighted by Gasteiger charge is -2.08. The minimum absolute atomic E-state index is 0.582. The van der Waals surface area contributed by atoms with Gasteiger partial charge < -0.3 is 28.4 Å². The first kappa shape index (κ1) is 35.8. The fourth-order valence-corrected chi connectivity index (χ4v) is 3.88. The zero-order chi connectivity index (χ0) is 26.0. The zero-order valence-electron chi connectivity index (χ0n) is 24.2. The van der Waals surface area contributed by atoms with Gasteiger partial charge in [0.2, 0.25) is 0 Å². The molecule has 0 radical (unpaired) electrons. The Morgan fingerprint density at radius 3 is 0.722 bits per heavy atom. The number of unbranched alkanes of at least 4 members (excludes halogenated alkanes) is 14. The average molecular weight is 519 g/mol. The highest BCUT2D eigenvalue weighted by molar-refractivity contribution is 4.49. The summed E-state index contributed by atoms with van der Waals surface area (Å²) in [6, 6.07) is 0. The molecular weight excluding hydrogens is 456 g/mol. The largest absolute Gasteiger partial charge is 0.379 e. The van der Waals surface area contributed by atoms with E-state index in [9.17, 15) is 0 Å². The van der Waals surface area contributed by atoms with Crippen molar-refractivity contribution in [2.75, 3.05) is 79.3 Å². The second-order valence-electron chi connectivity index (χ2n) is 9.62. The van der Waals surface area contributed by atoms with Crippen LogP contribution in [0.25, 0.3) is 0 Å². The molecular formula is C30H62O6. The van der Waals surface area contributed by atoms with Gasteiger partial charge in [0.25, 0.3) is 0 Å². The summed E-state index contributed by atoms with van der Waals surface area (Å²) in [5, 5.41) is 0. The molecule has 0 aromatic rings. The molecule has 0 amide bonds. The molecule has 0 atom stereocenters. The summed E-state index contributed by atoms with van der Waals surface area (Å²) in [7, 11) is 0. The summed E-state index contributed by atoms with van der Waals surface area (Å²) in [6.45, 7) is 12.3. The van der Waals surface area contributed by atoms with E-state index < -0.39 is 0 Å². The van der Waals surface area contributed by atoms with Gasteiger partial charge >= 0.3 is 0 Å². The molecule has 0 saturated heterocycles. The van der Waals surface area contributed by atoms with E-state index in [1.54, 1.807) is 0 Å². The summed E-state index contributed by atoms with van der Waals surface area (Å²) in [6.07, 6.45) is 21.5. The van der Waals surface area contributed by atoms with Crippen molar-refractivity contribution in [3.8, 4) is 0 Å². The van der Waals surface area contributed by atoms with Gasteiger partial charge in [-0.3, -0.25) is 0 Å². The molecule has 0 spiro atoms. The fourth-order valence-electron chi connectivity index (χ4n) is 3.88. The van der Waals surface area contributed by atoms with Crippen molar-refractivity contribution in [3.05, 3.63) is 0 Å².